The SMILES string of the molecule is CCCCNC(=NCc1ccc(C)cc1)NCC(=O)N1CCCC1. The van der Waals surface area contributed by atoms with Crippen LogP contribution in [0.5, 0.6) is 0 Å². The lowest BCUT2D eigenvalue weighted by Gasteiger charge is -2.17. The maximum atomic E-state index is 12.2. The number of rotatable bonds is 7. The van der Waals surface area contributed by atoms with Gasteiger partial charge in [0.2, 0.25) is 5.91 Å². The van der Waals surface area contributed by atoms with Gasteiger partial charge < -0.3 is 15.5 Å². The Labute approximate surface area is 145 Å². The highest BCUT2D eigenvalue weighted by Crippen LogP contribution is 2.07. The van der Waals surface area contributed by atoms with Gasteiger partial charge in [-0.2, -0.15) is 0 Å². The average molecular weight is 330 g/mol. The molecule has 0 unspecified atom stereocenters. The Kier molecular flexibility index (Phi) is 7.59. The number of guanidine groups is 1. The van der Waals surface area contributed by atoms with Crippen molar-refractivity contribution in [1.82, 2.24) is 15.5 Å². The van der Waals surface area contributed by atoms with Gasteiger partial charge in [0.25, 0.3) is 0 Å². The summed E-state index contributed by atoms with van der Waals surface area (Å²) in [4.78, 5) is 18.7. The lowest BCUT2D eigenvalue weighted by molar-refractivity contribution is -0.128. The van der Waals surface area contributed by atoms with Crippen LogP contribution in [0.3, 0.4) is 0 Å². The van der Waals surface area contributed by atoms with Crippen molar-refractivity contribution in [2.24, 2.45) is 4.99 Å². The molecule has 1 aromatic carbocycles. The van der Waals surface area contributed by atoms with Crippen LogP contribution >= 0.6 is 0 Å². The van der Waals surface area contributed by atoms with Crippen LogP contribution in [0.15, 0.2) is 29.3 Å². The summed E-state index contributed by atoms with van der Waals surface area (Å²) in [5.74, 6) is 0.879. The fraction of sp³-hybridized carbons (Fsp3) is 0.579. The van der Waals surface area contributed by atoms with Gasteiger partial charge in [-0.25, -0.2) is 4.99 Å². The molecule has 1 fully saturated rings. The number of hydrogen-bond acceptors (Lipinski definition) is 2. The maximum Gasteiger partial charge on any atom is 0.241 e. The summed E-state index contributed by atoms with van der Waals surface area (Å²) in [6.45, 7) is 7.81. The molecule has 1 aliphatic heterocycles. The van der Waals surface area contributed by atoms with E-state index in [0.29, 0.717) is 13.1 Å². The molecule has 1 amide bonds. The maximum absolute atomic E-state index is 12.2. The van der Waals surface area contributed by atoms with Gasteiger partial charge in [0, 0.05) is 19.6 Å². The summed E-state index contributed by atoms with van der Waals surface area (Å²) in [6, 6.07) is 8.38. The lowest BCUT2D eigenvalue weighted by atomic mass is 10.1. The molecule has 2 N–H and O–H groups in total. The number of aliphatic imine (C=N–C) groups is 1. The first-order valence-corrected chi connectivity index (χ1v) is 9.04. The van der Waals surface area contributed by atoms with E-state index in [1.165, 1.54) is 11.1 Å². The molecule has 1 aromatic rings. The predicted octanol–water partition coefficient (Wildman–Crippen LogP) is 2.45. The molecule has 1 saturated heterocycles. The monoisotopic (exact) mass is 330 g/mol. The van der Waals surface area contributed by atoms with Gasteiger partial charge in [-0.3, -0.25) is 4.79 Å². The Bertz CT molecular complexity index is 533. The summed E-state index contributed by atoms with van der Waals surface area (Å²) in [7, 11) is 0. The number of nitrogens with zero attached hydrogens (tertiary/aromatic N) is 2. The fourth-order valence-electron chi connectivity index (χ4n) is 2.66. The number of carbonyl (C=O) groups is 1. The molecule has 0 bridgehead atoms. The van der Waals surface area contributed by atoms with E-state index in [1.54, 1.807) is 0 Å². The summed E-state index contributed by atoms with van der Waals surface area (Å²) in [5.41, 5.74) is 2.42. The first kappa shape index (κ1) is 18.3. The molecule has 1 aliphatic rings. The normalized spacial score (nSPS) is 14.8. The minimum absolute atomic E-state index is 0.160. The largest absolute Gasteiger partial charge is 0.356 e. The van der Waals surface area contributed by atoms with Gasteiger partial charge in [-0.1, -0.05) is 43.2 Å². The van der Waals surface area contributed by atoms with Gasteiger partial charge in [-0.15, -0.1) is 0 Å². The number of unbranched alkanes of at least 4 members (excludes halogenated alkanes) is 1. The van der Waals surface area contributed by atoms with Crippen molar-refractivity contribution in [2.75, 3.05) is 26.2 Å². The van der Waals surface area contributed by atoms with Crippen LogP contribution in [0.4, 0.5) is 0 Å². The Balaban J connectivity index is 1.88. The smallest absolute Gasteiger partial charge is 0.241 e. The molecule has 0 radical (unpaired) electrons. The third kappa shape index (κ3) is 6.22. The highest BCUT2D eigenvalue weighted by atomic mass is 16.2. The van der Waals surface area contributed by atoms with Crippen molar-refractivity contribution in [3.8, 4) is 0 Å². The first-order chi connectivity index (χ1) is 11.7. The van der Waals surface area contributed by atoms with Gasteiger partial charge in [-0.05, 0) is 31.7 Å². The van der Waals surface area contributed by atoms with E-state index in [0.717, 1.165) is 51.3 Å². The fourth-order valence-corrected chi connectivity index (χ4v) is 2.66. The van der Waals surface area contributed by atoms with E-state index in [2.05, 4.69) is 53.7 Å². The Morgan fingerprint density at radius 2 is 1.88 bits per heavy atom. The Morgan fingerprint density at radius 3 is 2.54 bits per heavy atom. The zero-order valence-corrected chi connectivity index (χ0v) is 15.0. The molecular formula is C19H30N4O. The second-order valence-electron chi connectivity index (χ2n) is 6.37. The molecule has 2 rings (SSSR count). The first-order valence-electron chi connectivity index (χ1n) is 9.04. The topological polar surface area (TPSA) is 56.7 Å². The van der Waals surface area contributed by atoms with E-state index in [1.807, 2.05) is 4.90 Å². The van der Waals surface area contributed by atoms with E-state index in [-0.39, 0.29) is 5.91 Å². The molecule has 132 valence electrons. The Hall–Kier alpha value is -2.04. The molecule has 5 heteroatoms. The highest BCUT2D eigenvalue weighted by Gasteiger charge is 2.17. The van der Waals surface area contributed by atoms with Gasteiger partial charge in [0.05, 0.1) is 13.1 Å². The third-order valence-electron chi connectivity index (χ3n) is 4.23. The van der Waals surface area contributed by atoms with Crippen LogP contribution in [0.25, 0.3) is 0 Å². The third-order valence-corrected chi connectivity index (χ3v) is 4.23. The molecule has 0 aromatic heterocycles. The molecule has 0 aliphatic carbocycles. The zero-order chi connectivity index (χ0) is 17.2. The minimum Gasteiger partial charge on any atom is -0.356 e. The zero-order valence-electron chi connectivity index (χ0n) is 15.0. The standard InChI is InChI=1S/C19H30N4O/c1-3-4-11-20-19(21-14-17-9-7-16(2)8-10-17)22-15-18(24)23-12-5-6-13-23/h7-10H,3-6,11-15H2,1-2H3,(H2,20,21,22). The van der Waals surface area contributed by atoms with Crippen molar-refractivity contribution in [2.45, 2.75) is 46.1 Å². The van der Waals surface area contributed by atoms with Crippen LogP contribution in [0.2, 0.25) is 0 Å². The van der Waals surface area contributed by atoms with Crippen LogP contribution in [-0.4, -0.2) is 42.9 Å². The van der Waals surface area contributed by atoms with Crippen molar-refractivity contribution in [3.63, 3.8) is 0 Å². The summed E-state index contributed by atoms with van der Waals surface area (Å²) in [6.07, 6.45) is 4.46. The number of likely N-dealkylation sites (tertiary alicyclic amines) is 1. The van der Waals surface area contributed by atoms with Crippen LogP contribution < -0.4 is 10.6 Å². The van der Waals surface area contributed by atoms with Crippen molar-refractivity contribution in [1.29, 1.82) is 0 Å². The van der Waals surface area contributed by atoms with Crippen LogP contribution in [0, 0.1) is 6.92 Å². The van der Waals surface area contributed by atoms with E-state index >= 15 is 0 Å². The second kappa shape index (κ2) is 9.96. The number of hydrogen-bond donors (Lipinski definition) is 2. The van der Waals surface area contributed by atoms with Gasteiger partial charge in [0.1, 0.15) is 0 Å². The molecule has 24 heavy (non-hydrogen) atoms. The van der Waals surface area contributed by atoms with Gasteiger partial charge in [0.15, 0.2) is 5.96 Å². The average Bonchev–Trinajstić information content (AvgIpc) is 3.13. The number of carbonyl (C=O) groups excluding carboxylic acids is 1. The highest BCUT2D eigenvalue weighted by molar-refractivity contribution is 5.86. The van der Waals surface area contributed by atoms with Crippen molar-refractivity contribution in [3.05, 3.63) is 35.4 Å². The minimum atomic E-state index is 0.160. The van der Waals surface area contributed by atoms with E-state index in [4.69, 9.17) is 0 Å². The molecule has 0 spiro atoms. The molecule has 1 heterocycles. The quantitative estimate of drug-likeness (QED) is 0.459. The van der Waals surface area contributed by atoms with E-state index in [9.17, 15) is 4.79 Å². The number of amides is 1. The Morgan fingerprint density at radius 1 is 1.17 bits per heavy atom. The molecule has 0 saturated carbocycles. The summed E-state index contributed by atoms with van der Waals surface area (Å²) in [5, 5.41) is 6.50. The number of aryl methyl sites for hydroxylation is 1. The van der Waals surface area contributed by atoms with Crippen molar-refractivity contribution >= 4 is 11.9 Å². The van der Waals surface area contributed by atoms with Crippen LogP contribution in [0.1, 0.15) is 43.7 Å². The summed E-state index contributed by atoms with van der Waals surface area (Å²) >= 11 is 0. The molecule has 5 nitrogen and oxygen atoms in total. The lowest BCUT2D eigenvalue weighted by Crippen LogP contribution is -2.44. The predicted molar refractivity (Wildman–Crippen MR) is 99.0 cm³/mol. The van der Waals surface area contributed by atoms with Gasteiger partial charge >= 0.3 is 0 Å². The van der Waals surface area contributed by atoms with E-state index < -0.39 is 0 Å². The van der Waals surface area contributed by atoms with Crippen LogP contribution in [-0.2, 0) is 11.3 Å². The van der Waals surface area contributed by atoms with Crippen molar-refractivity contribution < 1.29 is 4.79 Å². The molecule has 0 atom stereocenters. The summed E-state index contributed by atoms with van der Waals surface area (Å²) < 4.78 is 0. The number of benzene rings is 1. The second-order valence-corrected chi connectivity index (χ2v) is 6.37. The molecular weight excluding hydrogens is 300 g/mol. The number of nitrogens with one attached hydrogen (secondary N) is 2.